The Hall–Kier alpha value is -4.79. The number of esters is 1. The van der Waals surface area contributed by atoms with E-state index in [0.29, 0.717) is 18.8 Å². The number of unbranched alkanes of at least 4 members (excludes halogenated alkanes) is 1. The highest BCUT2D eigenvalue weighted by Gasteiger charge is 2.28. The minimum absolute atomic E-state index is 0.125. The third kappa shape index (κ3) is 27.7. The number of nitrogens with two attached hydrogens (primary N) is 2. The molecule has 0 aromatic heterocycles. The number of benzene rings is 1. The highest BCUT2D eigenvalue weighted by molar-refractivity contribution is 5.96. The Bertz CT molecular complexity index is 1260. The monoisotopic (exact) mass is 720 g/mol. The highest BCUT2D eigenvalue weighted by atomic mass is 16.5. The summed E-state index contributed by atoms with van der Waals surface area (Å²) in [6, 6.07) is 5.67. The van der Waals surface area contributed by atoms with Crippen LogP contribution in [0, 0.1) is 11.8 Å². The largest absolute Gasteiger partial charge is 0.461 e. The van der Waals surface area contributed by atoms with E-state index in [2.05, 4.69) is 33.9 Å². The Labute approximate surface area is 302 Å². The summed E-state index contributed by atoms with van der Waals surface area (Å²) in [5, 5.41) is 10.5. The summed E-state index contributed by atoms with van der Waals surface area (Å²) in [6.07, 6.45) is 5.14. The normalized spacial score (nSPS) is 11.3. The molecule has 15 heteroatoms. The van der Waals surface area contributed by atoms with E-state index in [-0.39, 0.29) is 49.1 Å². The topological polar surface area (TPSA) is 238 Å². The van der Waals surface area contributed by atoms with Gasteiger partial charge in [-0.05, 0) is 63.3 Å². The van der Waals surface area contributed by atoms with Gasteiger partial charge in [-0.3, -0.25) is 28.8 Å². The second-order valence-electron chi connectivity index (χ2n) is 12.8. The van der Waals surface area contributed by atoms with E-state index in [1.807, 2.05) is 34.6 Å². The molecule has 1 aromatic carbocycles. The summed E-state index contributed by atoms with van der Waals surface area (Å²) >= 11 is 0. The van der Waals surface area contributed by atoms with Crippen molar-refractivity contribution in [3.05, 3.63) is 42.0 Å². The number of rotatable bonds is 19. The molecule has 0 aliphatic carbocycles. The first-order valence-electron chi connectivity index (χ1n) is 17.0. The summed E-state index contributed by atoms with van der Waals surface area (Å²) in [5.74, 6) is -2.53. The molecule has 0 spiro atoms. The van der Waals surface area contributed by atoms with E-state index in [4.69, 9.17) is 15.2 Å². The van der Waals surface area contributed by atoms with E-state index in [9.17, 15) is 33.6 Å². The molecule has 0 saturated carbocycles. The smallest absolute Gasteiger partial charge is 0.312 e. The van der Waals surface area contributed by atoms with Crippen molar-refractivity contribution in [2.45, 2.75) is 106 Å². The Morgan fingerprint density at radius 1 is 0.863 bits per heavy atom. The second kappa shape index (κ2) is 27.0. The highest BCUT2D eigenvalue weighted by Crippen LogP contribution is 2.16. The molecule has 0 bridgehead atoms. The predicted octanol–water partition coefficient (Wildman–Crippen LogP) is 3.25. The van der Waals surface area contributed by atoms with Crippen LogP contribution in [0.1, 0.15) is 93.6 Å². The predicted molar refractivity (Wildman–Crippen MR) is 196 cm³/mol. The molecule has 1 atom stereocenters. The lowest BCUT2D eigenvalue weighted by Gasteiger charge is -2.27. The van der Waals surface area contributed by atoms with Crippen molar-refractivity contribution in [1.82, 2.24) is 16.0 Å². The van der Waals surface area contributed by atoms with Gasteiger partial charge in [0.25, 0.3) is 0 Å². The number of carbonyl (C=O) groups is 7. The number of carbonyl (C=O) groups excluding carboxylic acids is 7. The molecule has 15 nitrogen and oxygen atoms in total. The fraction of sp³-hybridized carbons (Fsp3) is 0.583. The number of ketones is 1. The van der Waals surface area contributed by atoms with Crippen LogP contribution in [0.15, 0.2) is 36.4 Å². The number of hydrogen-bond acceptors (Lipinski definition) is 9. The Balaban J connectivity index is 0. The third-order valence-corrected chi connectivity index (χ3v) is 6.39. The lowest BCUT2D eigenvalue weighted by atomic mass is 10.0. The number of anilines is 1. The number of urea groups is 1. The van der Waals surface area contributed by atoms with Crippen molar-refractivity contribution in [2.75, 3.05) is 25.0 Å². The van der Waals surface area contributed by atoms with Crippen LogP contribution in [0.25, 0.3) is 0 Å². The van der Waals surface area contributed by atoms with E-state index in [1.54, 1.807) is 38.1 Å². The maximum Gasteiger partial charge on any atom is 0.312 e. The molecule has 0 aliphatic heterocycles. The standard InChI is InChI=1S/C27H43N3O6.C5H7NO2.C4H10N2O/c1-8-9-14-36-27(6,7)15-22(31)30-24(18(2)3)25(33)28-16-23(32)29-21-12-10-20(11-13-21)17-35-26(34)19(4)5;1-4(7)2-3-5(6)8;1-2-3-6-4(5)7/h10-13,18-19,24H,8-9,14-17H2,1-7H3,(H,28,33)(H,29,32)(H,30,31);2-3H,1H3,(H2,6,8);2-3H2,1H3,(H3,5,6,7)/b;3-2-;. The molecule has 288 valence electrons. The van der Waals surface area contributed by atoms with E-state index in [0.717, 1.165) is 37.0 Å². The first-order valence-corrected chi connectivity index (χ1v) is 17.0. The Kier molecular flexibility index (Phi) is 25.6. The first-order chi connectivity index (χ1) is 23.7. The van der Waals surface area contributed by atoms with Gasteiger partial charge in [-0.1, -0.05) is 60.1 Å². The molecule has 0 radical (unpaired) electrons. The average molecular weight is 721 g/mol. The number of primary amides is 2. The molecular formula is C36H60N6O9. The van der Waals surface area contributed by atoms with Crippen LogP contribution >= 0.6 is 0 Å². The summed E-state index contributed by atoms with van der Waals surface area (Å²) in [4.78, 5) is 79.0. The van der Waals surface area contributed by atoms with Crippen molar-refractivity contribution in [3.63, 3.8) is 0 Å². The van der Waals surface area contributed by atoms with Crippen molar-refractivity contribution >= 4 is 47.1 Å². The second-order valence-corrected chi connectivity index (χ2v) is 12.8. The zero-order valence-electron chi connectivity index (χ0n) is 31.7. The quantitative estimate of drug-likeness (QED) is 0.0698. The van der Waals surface area contributed by atoms with Crippen LogP contribution in [0.2, 0.25) is 0 Å². The van der Waals surface area contributed by atoms with E-state index < -0.39 is 35.4 Å². The van der Waals surface area contributed by atoms with Crippen LogP contribution < -0.4 is 32.7 Å². The van der Waals surface area contributed by atoms with Gasteiger partial charge in [-0.15, -0.1) is 0 Å². The van der Waals surface area contributed by atoms with Crippen LogP contribution in [-0.4, -0.2) is 72.8 Å². The molecule has 1 unspecified atom stereocenters. The molecule has 0 heterocycles. The molecule has 0 fully saturated rings. The number of amides is 6. The number of ether oxygens (including phenoxy) is 2. The van der Waals surface area contributed by atoms with Crippen LogP contribution in [0.5, 0.6) is 0 Å². The number of hydrogen-bond donors (Lipinski definition) is 6. The molecule has 0 saturated heterocycles. The number of allylic oxidation sites excluding steroid dienone is 1. The van der Waals surface area contributed by atoms with Crippen LogP contribution in [0.3, 0.4) is 0 Å². The maximum atomic E-state index is 12.7. The maximum absolute atomic E-state index is 12.7. The van der Waals surface area contributed by atoms with Crippen molar-refractivity contribution in [2.24, 2.45) is 23.3 Å². The van der Waals surface area contributed by atoms with Crippen LogP contribution in [0.4, 0.5) is 10.5 Å². The molecule has 51 heavy (non-hydrogen) atoms. The van der Waals surface area contributed by atoms with Crippen LogP contribution in [-0.2, 0) is 44.8 Å². The fourth-order valence-corrected chi connectivity index (χ4v) is 3.63. The van der Waals surface area contributed by atoms with Gasteiger partial charge in [0.05, 0.1) is 24.5 Å². The van der Waals surface area contributed by atoms with Crippen molar-refractivity contribution in [3.8, 4) is 0 Å². The van der Waals surface area contributed by atoms with Crippen molar-refractivity contribution in [1.29, 1.82) is 0 Å². The minimum atomic E-state index is -0.774. The molecule has 6 amide bonds. The van der Waals surface area contributed by atoms with Gasteiger partial charge >= 0.3 is 12.0 Å². The molecule has 1 aromatic rings. The fourth-order valence-electron chi connectivity index (χ4n) is 3.63. The van der Waals surface area contributed by atoms with Gasteiger partial charge in [0, 0.05) is 24.9 Å². The number of nitrogens with one attached hydrogen (secondary N) is 4. The third-order valence-electron chi connectivity index (χ3n) is 6.39. The molecule has 1 rings (SSSR count). The minimum Gasteiger partial charge on any atom is -0.461 e. The molecular weight excluding hydrogens is 660 g/mol. The lowest BCUT2D eigenvalue weighted by Crippen LogP contribution is -2.52. The van der Waals surface area contributed by atoms with Crippen molar-refractivity contribution < 1.29 is 43.0 Å². The summed E-state index contributed by atoms with van der Waals surface area (Å²) in [6.45, 7) is 17.4. The van der Waals surface area contributed by atoms with Gasteiger partial charge < -0.3 is 42.2 Å². The zero-order chi connectivity index (χ0) is 39.6. The Morgan fingerprint density at radius 2 is 1.47 bits per heavy atom. The average Bonchev–Trinajstić information content (AvgIpc) is 3.03. The summed E-state index contributed by atoms with van der Waals surface area (Å²) < 4.78 is 11.0. The van der Waals surface area contributed by atoms with E-state index in [1.165, 1.54) is 6.92 Å². The van der Waals surface area contributed by atoms with Gasteiger partial charge in [0.1, 0.15) is 12.6 Å². The molecule has 0 aliphatic rings. The van der Waals surface area contributed by atoms with E-state index >= 15 is 0 Å². The SMILES string of the molecule is CC(=O)/C=C\C(N)=O.CCCCOC(C)(C)CC(=O)NC(C(=O)NCC(=O)Nc1ccc(COC(=O)C(C)C)cc1)C(C)C.CCCNC(N)=O. The lowest BCUT2D eigenvalue weighted by molar-refractivity contribution is -0.148. The van der Waals surface area contributed by atoms with Gasteiger partial charge in [-0.2, -0.15) is 0 Å². The van der Waals surface area contributed by atoms with Gasteiger partial charge in [0.2, 0.25) is 23.6 Å². The summed E-state index contributed by atoms with van der Waals surface area (Å²) in [7, 11) is 0. The Morgan fingerprint density at radius 3 is 1.90 bits per heavy atom. The summed E-state index contributed by atoms with van der Waals surface area (Å²) in [5.41, 5.74) is 10.1. The van der Waals surface area contributed by atoms with Gasteiger partial charge in [0.15, 0.2) is 5.78 Å². The van der Waals surface area contributed by atoms with Gasteiger partial charge in [-0.25, -0.2) is 4.79 Å². The zero-order valence-corrected chi connectivity index (χ0v) is 31.7. The molecule has 8 N–H and O–H groups in total. The first kappa shape index (κ1) is 48.3.